The number of hydrogen-bond donors (Lipinski definition) is 2. The van der Waals surface area contributed by atoms with E-state index in [0.717, 1.165) is 13.1 Å². The van der Waals surface area contributed by atoms with E-state index >= 15 is 0 Å². The van der Waals surface area contributed by atoms with Gasteiger partial charge in [-0.25, -0.2) is 18.5 Å². The predicted octanol–water partition coefficient (Wildman–Crippen LogP) is 3.99. The summed E-state index contributed by atoms with van der Waals surface area (Å²) in [5.74, 6) is -3.74. The topological polar surface area (TPSA) is 110 Å². The molecule has 0 saturated carbocycles. The molecule has 0 atom stereocenters. The van der Waals surface area contributed by atoms with Gasteiger partial charge in [0, 0.05) is 26.2 Å². The van der Waals surface area contributed by atoms with E-state index in [-0.39, 0.29) is 22.6 Å². The number of nitrogens with one attached hydrogen (secondary N) is 2. The average molecular weight is 537 g/mol. The van der Waals surface area contributed by atoms with Crippen LogP contribution in [0, 0.1) is 17.6 Å². The number of benzene rings is 1. The standard InChI is InChI=1S/C18H20ClF2N3O5S.C4H11N/c1-10(2)9-28-18-13(19)5-11(8-22-18)29-16-7-14(20)12(6-15(16)21)17(25)23-30(26,27)24(3)4;1-3-5-4-2/h5-8,10H,9H2,1-4H3,(H,23,25);5H,3-4H2,1-2H3. The van der Waals surface area contributed by atoms with Crippen molar-refractivity contribution in [3.8, 4) is 17.4 Å². The molecule has 196 valence electrons. The fourth-order valence-electron chi connectivity index (χ4n) is 2.24. The molecule has 1 aromatic carbocycles. The lowest BCUT2D eigenvalue weighted by Crippen LogP contribution is -2.39. The Balaban J connectivity index is 0.00000111. The molecule has 0 spiro atoms. The molecule has 0 radical (unpaired) electrons. The zero-order valence-electron chi connectivity index (χ0n) is 20.5. The summed E-state index contributed by atoms with van der Waals surface area (Å²) >= 11 is 6.05. The molecule has 0 saturated heterocycles. The predicted molar refractivity (Wildman–Crippen MR) is 130 cm³/mol. The first-order valence-electron chi connectivity index (χ1n) is 10.7. The van der Waals surface area contributed by atoms with Crippen LogP contribution in [0.25, 0.3) is 0 Å². The van der Waals surface area contributed by atoms with E-state index in [1.807, 2.05) is 13.8 Å². The van der Waals surface area contributed by atoms with E-state index in [4.69, 9.17) is 21.1 Å². The maximum absolute atomic E-state index is 14.3. The number of halogens is 3. The van der Waals surface area contributed by atoms with Gasteiger partial charge in [-0.3, -0.25) is 4.79 Å². The molecule has 0 aliphatic rings. The second-order valence-electron chi connectivity index (χ2n) is 7.70. The van der Waals surface area contributed by atoms with Crippen LogP contribution in [0.1, 0.15) is 38.1 Å². The highest BCUT2D eigenvalue weighted by Gasteiger charge is 2.23. The lowest BCUT2D eigenvalue weighted by molar-refractivity contribution is 0.0975. The quantitative estimate of drug-likeness (QED) is 0.472. The van der Waals surface area contributed by atoms with Gasteiger partial charge in [0.05, 0.1) is 18.4 Å². The van der Waals surface area contributed by atoms with Crippen molar-refractivity contribution in [2.45, 2.75) is 27.7 Å². The highest BCUT2D eigenvalue weighted by molar-refractivity contribution is 7.87. The van der Waals surface area contributed by atoms with E-state index in [2.05, 4.69) is 24.1 Å². The first-order valence-corrected chi connectivity index (χ1v) is 12.5. The Morgan fingerprint density at radius 3 is 2.26 bits per heavy atom. The zero-order chi connectivity index (χ0) is 26.8. The number of nitrogens with zero attached hydrogens (tertiary/aromatic N) is 2. The molecule has 13 heteroatoms. The highest BCUT2D eigenvalue weighted by atomic mass is 35.5. The van der Waals surface area contributed by atoms with E-state index in [0.29, 0.717) is 23.0 Å². The average Bonchev–Trinajstić information content (AvgIpc) is 2.76. The molecule has 9 nitrogen and oxygen atoms in total. The number of aromatic nitrogens is 1. The Morgan fingerprint density at radius 2 is 1.77 bits per heavy atom. The first kappa shape index (κ1) is 30.5. The molecule has 0 aliphatic carbocycles. The second-order valence-corrected chi connectivity index (χ2v) is 9.99. The molecule has 0 fully saturated rings. The summed E-state index contributed by atoms with van der Waals surface area (Å²) in [5, 5.41) is 3.22. The third-order valence-corrected chi connectivity index (χ3v) is 5.71. The Morgan fingerprint density at radius 1 is 1.14 bits per heavy atom. The van der Waals surface area contributed by atoms with Crippen molar-refractivity contribution in [1.82, 2.24) is 19.3 Å². The van der Waals surface area contributed by atoms with E-state index in [1.165, 1.54) is 26.4 Å². The first-order chi connectivity index (χ1) is 16.3. The van der Waals surface area contributed by atoms with Crippen molar-refractivity contribution in [1.29, 1.82) is 0 Å². The van der Waals surface area contributed by atoms with Gasteiger partial charge in [-0.1, -0.05) is 39.3 Å². The number of ether oxygens (including phenoxy) is 2. The molecule has 0 unspecified atom stereocenters. The van der Waals surface area contributed by atoms with E-state index in [1.54, 1.807) is 4.72 Å². The van der Waals surface area contributed by atoms with Gasteiger partial charge in [-0.15, -0.1) is 0 Å². The minimum atomic E-state index is -4.17. The van der Waals surface area contributed by atoms with Crippen LogP contribution in [-0.4, -0.2) is 57.4 Å². The van der Waals surface area contributed by atoms with Gasteiger partial charge in [0.2, 0.25) is 5.88 Å². The molecular weight excluding hydrogens is 506 g/mol. The van der Waals surface area contributed by atoms with Crippen LogP contribution >= 0.6 is 11.6 Å². The largest absolute Gasteiger partial charge is 0.476 e. The maximum Gasteiger partial charge on any atom is 0.303 e. The number of hydrogen-bond acceptors (Lipinski definition) is 7. The molecule has 2 aromatic rings. The third kappa shape index (κ3) is 9.92. The van der Waals surface area contributed by atoms with Crippen LogP contribution in [0.3, 0.4) is 0 Å². The van der Waals surface area contributed by atoms with Crippen molar-refractivity contribution >= 4 is 27.7 Å². The Kier molecular flexibility index (Phi) is 12.3. The lowest BCUT2D eigenvalue weighted by atomic mass is 10.2. The van der Waals surface area contributed by atoms with Crippen LogP contribution in [-0.2, 0) is 10.2 Å². The molecule has 1 aromatic heterocycles. The Hall–Kier alpha value is -2.54. The third-order valence-electron chi connectivity index (χ3n) is 4.03. The normalized spacial score (nSPS) is 11.2. The number of amides is 1. The highest BCUT2D eigenvalue weighted by Crippen LogP contribution is 2.31. The minimum Gasteiger partial charge on any atom is -0.476 e. The summed E-state index contributed by atoms with van der Waals surface area (Å²) in [5.41, 5.74) is -0.807. The van der Waals surface area contributed by atoms with Crippen LogP contribution in [0.2, 0.25) is 5.02 Å². The van der Waals surface area contributed by atoms with Crippen molar-refractivity contribution in [2.24, 2.45) is 5.92 Å². The number of rotatable bonds is 10. The van der Waals surface area contributed by atoms with Crippen molar-refractivity contribution < 1.29 is 31.5 Å². The monoisotopic (exact) mass is 536 g/mol. The summed E-state index contributed by atoms with van der Waals surface area (Å²) in [4.78, 5) is 16.0. The van der Waals surface area contributed by atoms with Crippen LogP contribution in [0.4, 0.5) is 8.78 Å². The van der Waals surface area contributed by atoms with Gasteiger partial charge in [0.1, 0.15) is 16.6 Å². The smallest absolute Gasteiger partial charge is 0.303 e. The van der Waals surface area contributed by atoms with Crippen molar-refractivity contribution in [3.63, 3.8) is 0 Å². The Labute approximate surface area is 210 Å². The molecular formula is C22H31ClF2N4O5S. The maximum atomic E-state index is 14.3. The summed E-state index contributed by atoms with van der Waals surface area (Å²) in [6, 6.07) is 2.45. The molecule has 1 amide bonds. The molecule has 2 rings (SSSR count). The minimum absolute atomic E-state index is 0.00239. The van der Waals surface area contributed by atoms with Gasteiger partial charge in [-0.2, -0.15) is 12.7 Å². The van der Waals surface area contributed by atoms with Gasteiger partial charge in [0.25, 0.3) is 5.91 Å². The molecule has 1 heterocycles. The van der Waals surface area contributed by atoms with Crippen LogP contribution in [0.5, 0.6) is 17.4 Å². The number of carbonyl (C=O) groups excluding carboxylic acids is 1. The van der Waals surface area contributed by atoms with E-state index < -0.39 is 39.1 Å². The molecule has 35 heavy (non-hydrogen) atoms. The fraction of sp³-hybridized carbons (Fsp3) is 0.455. The SMILES string of the molecule is CC(C)COc1ncc(Oc2cc(F)c(C(=O)NS(=O)(=O)N(C)C)cc2F)cc1Cl.CCNCC. The number of pyridine rings is 1. The summed E-state index contributed by atoms with van der Waals surface area (Å²) in [7, 11) is -1.84. The molecule has 0 aliphatic heterocycles. The van der Waals surface area contributed by atoms with Gasteiger partial charge in [-0.05, 0) is 25.1 Å². The van der Waals surface area contributed by atoms with Crippen LogP contribution < -0.4 is 19.5 Å². The number of carbonyl (C=O) groups is 1. The lowest BCUT2D eigenvalue weighted by Gasteiger charge is -2.14. The second kappa shape index (κ2) is 14.1. The zero-order valence-corrected chi connectivity index (χ0v) is 22.1. The van der Waals surface area contributed by atoms with Gasteiger partial charge < -0.3 is 14.8 Å². The van der Waals surface area contributed by atoms with Crippen LogP contribution in [0.15, 0.2) is 24.4 Å². The molecule has 2 N–H and O–H groups in total. The van der Waals surface area contributed by atoms with E-state index in [9.17, 15) is 22.0 Å². The summed E-state index contributed by atoms with van der Waals surface area (Å²) in [6.45, 7) is 10.7. The summed E-state index contributed by atoms with van der Waals surface area (Å²) in [6.07, 6.45) is 1.21. The van der Waals surface area contributed by atoms with Gasteiger partial charge in [0.15, 0.2) is 11.6 Å². The fourth-order valence-corrected chi connectivity index (χ4v) is 2.97. The van der Waals surface area contributed by atoms with Crippen molar-refractivity contribution in [3.05, 3.63) is 46.6 Å². The van der Waals surface area contributed by atoms with Crippen molar-refractivity contribution in [2.75, 3.05) is 33.8 Å². The van der Waals surface area contributed by atoms with Gasteiger partial charge >= 0.3 is 10.2 Å². The molecule has 0 bridgehead atoms. The summed E-state index contributed by atoms with van der Waals surface area (Å²) < 4.78 is 65.0. The Bertz CT molecular complexity index is 1100.